The molecule has 1 aromatic heterocycles. The van der Waals surface area contributed by atoms with Crippen LogP contribution in [0, 0.1) is 12.8 Å². The van der Waals surface area contributed by atoms with Gasteiger partial charge in [0.05, 0.1) is 22.3 Å². The highest BCUT2D eigenvalue weighted by atomic mass is 32.2. The van der Waals surface area contributed by atoms with E-state index in [9.17, 15) is 14.7 Å². The van der Waals surface area contributed by atoms with Crippen LogP contribution in [-0.2, 0) is 14.3 Å². The predicted octanol–water partition coefficient (Wildman–Crippen LogP) is 5.86. The van der Waals surface area contributed by atoms with E-state index in [4.69, 9.17) is 4.74 Å². The summed E-state index contributed by atoms with van der Waals surface area (Å²) < 4.78 is 5.06. The number of aromatic nitrogens is 1. The van der Waals surface area contributed by atoms with E-state index in [2.05, 4.69) is 18.0 Å². The van der Waals surface area contributed by atoms with Gasteiger partial charge < -0.3 is 9.84 Å². The first kappa shape index (κ1) is 28.1. The highest BCUT2D eigenvalue weighted by molar-refractivity contribution is 8.02. The number of rotatable bonds is 2. The van der Waals surface area contributed by atoms with Gasteiger partial charge in [0.1, 0.15) is 6.10 Å². The number of aryl methyl sites for hydroxylation is 1. The lowest BCUT2D eigenvalue weighted by Gasteiger charge is -2.29. The molecule has 0 radical (unpaired) electrons. The van der Waals surface area contributed by atoms with Crippen molar-refractivity contribution >= 4 is 29.6 Å². The van der Waals surface area contributed by atoms with Gasteiger partial charge in [0.25, 0.3) is 0 Å². The summed E-state index contributed by atoms with van der Waals surface area (Å²) in [6, 6.07) is 5.84. The Hall–Kier alpha value is -2.18. The molecule has 3 atom stereocenters. The fourth-order valence-electron chi connectivity index (χ4n) is 3.95. The Morgan fingerprint density at radius 3 is 2.59 bits per heavy atom. The van der Waals surface area contributed by atoms with E-state index in [1.807, 2.05) is 51.1 Å². The molecular weight excluding hydrogens is 446 g/mol. The number of aliphatic hydroxyl groups is 1. The fourth-order valence-corrected chi connectivity index (χ4v) is 4.82. The molecule has 1 aliphatic heterocycles. The zero-order chi connectivity index (χ0) is 25.5. The molecule has 0 aromatic carbocycles. The van der Waals surface area contributed by atoms with Gasteiger partial charge in [-0.2, -0.15) is 0 Å². The van der Waals surface area contributed by atoms with E-state index in [1.165, 1.54) is 17.3 Å². The Morgan fingerprint density at radius 1 is 1.21 bits per heavy atom. The topological polar surface area (TPSA) is 76.5 Å². The first-order chi connectivity index (χ1) is 15.9. The standard InChI is InChI=1S/C28H39NO4S/c1-18-10-8-11-19(2)26(31)22(5)27(32)28(6,7)34-17-25(30)33-24(15-14-18)20(3)16-23-13-9-12-21(4)29-23/h9,11-14,16,22,24,26,31H,8,10,15,17H2,1-7H3/b18-14-,19-11+,20-16+/t22-,24?,26+/m1/s1. The molecule has 0 bridgehead atoms. The molecule has 1 unspecified atom stereocenters. The third-order valence-electron chi connectivity index (χ3n) is 6.25. The van der Waals surface area contributed by atoms with Crippen LogP contribution in [0.5, 0.6) is 0 Å². The minimum Gasteiger partial charge on any atom is -0.457 e. The van der Waals surface area contributed by atoms with Crippen molar-refractivity contribution in [3.05, 3.63) is 58.5 Å². The van der Waals surface area contributed by atoms with Crippen molar-refractivity contribution in [2.75, 3.05) is 5.75 Å². The number of esters is 1. The number of Topliss-reactive ketones (excluding diaryl/α,β-unsaturated/α-hetero) is 1. The zero-order valence-corrected chi connectivity index (χ0v) is 22.4. The quantitative estimate of drug-likeness (QED) is 0.418. The third kappa shape index (κ3) is 8.24. The van der Waals surface area contributed by atoms with Gasteiger partial charge in [0.15, 0.2) is 5.78 Å². The maximum atomic E-state index is 13.1. The number of aliphatic hydroxyl groups excluding tert-OH is 1. The molecule has 1 aliphatic rings. The van der Waals surface area contributed by atoms with Crippen LogP contribution >= 0.6 is 11.8 Å². The number of nitrogens with zero attached hydrogens (tertiary/aromatic N) is 1. The Kier molecular flexibility index (Phi) is 10.3. The average molecular weight is 486 g/mol. The number of ether oxygens (including phenoxy) is 1. The number of thioether (sulfide) groups is 1. The number of carbonyl (C=O) groups is 2. The maximum absolute atomic E-state index is 13.1. The van der Waals surface area contributed by atoms with Crippen molar-refractivity contribution in [1.82, 2.24) is 4.98 Å². The van der Waals surface area contributed by atoms with Crippen LogP contribution in [0.2, 0.25) is 0 Å². The van der Waals surface area contributed by atoms with Gasteiger partial charge in [-0.25, -0.2) is 0 Å². The molecule has 1 N–H and O–H groups in total. The highest BCUT2D eigenvalue weighted by Crippen LogP contribution is 2.31. The Bertz CT molecular complexity index is 976. The monoisotopic (exact) mass is 485 g/mol. The van der Waals surface area contributed by atoms with Gasteiger partial charge in [0.2, 0.25) is 0 Å². The molecule has 0 saturated carbocycles. The fraction of sp³-hybridized carbons (Fsp3) is 0.536. The summed E-state index contributed by atoms with van der Waals surface area (Å²) in [5, 5.41) is 10.7. The molecule has 0 saturated heterocycles. The second-order valence-corrected chi connectivity index (χ2v) is 11.3. The first-order valence-corrected chi connectivity index (χ1v) is 12.9. The number of hydrogen-bond acceptors (Lipinski definition) is 6. The highest BCUT2D eigenvalue weighted by Gasteiger charge is 2.36. The molecule has 186 valence electrons. The minimum absolute atomic E-state index is 0.0611. The van der Waals surface area contributed by atoms with Gasteiger partial charge in [-0.15, -0.1) is 11.8 Å². The summed E-state index contributed by atoms with van der Waals surface area (Å²) in [6.45, 7) is 13.2. The summed E-state index contributed by atoms with van der Waals surface area (Å²) >= 11 is 1.26. The maximum Gasteiger partial charge on any atom is 0.316 e. The molecular formula is C28H39NO4S. The lowest BCUT2D eigenvalue weighted by molar-refractivity contribution is -0.143. The van der Waals surface area contributed by atoms with E-state index < -0.39 is 22.9 Å². The molecule has 1 aromatic rings. The van der Waals surface area contributed by atoms with Crippen molar-refractivity contribution in [3.8, 4) is 0 Å². The van der Waals surface area contributed by atoms with Crippen LogP contribution in [0.1, 0.15) is 72.2 Å². The Balaban J connectivity index is 2.33. The summed E-state index contributed by atoms with van der Waals surface area (Å²) in [5.74, 6) is -0.930. The molecule has 6 heteroatoms. The summed E-state index contributed by atoms with van der Waals surface area (Å²) in [7, 11) is 0. The smallest absolute Gasteiger partial charge is 0.316 e. The molecule has 0 fully saturated rings. The van der Waals surface area contributed by atoms with E-state index in [0.29, 0.717) is 6.42 Å². The van der Waals surface area contributed by atoms with Crippen molar-refractivity contribution in [2.45, 2.75) is 84.7 Å². The number of hydrogen-bond donors (Lipinski definition) is 1. The van der Waals surface area contributed by atoms with Gasteiger partial charge in [0, 0.05) is 18.0 Å². The van der Waals surface area contributed by atoms with E-state index in [-0.39, 0.29) is 17.5 Å². The molecule has 0 aliphatic carbocycles. The Morgan fingerprint density at radius 2 is 1.91 bits per heavy atom. The largest absolute Gasteiger partial charge is 0.457 e. The number of ketones is 1. The number of cyclic esters (lactones) is 1. The van der Waals surface area contributed by atoms with Crippen LogP contribution < -0.4 is 0 Å². The molecule has 2 heterocycles. The summed E-state index contributed by atoms with van der Waals surface area (Å²) in [6.07, 6.45) is 7.03. The van der Waals surface area contributed by atoms with Crippen LogP contribution in [0.25, 0.3) is 6.08 Å². The normalized spacial score (nSPS) is 28.9. The van der Waals surface area contributed by atoms with Crippen molar-refractivity contribution in [2.24, 2.45) is 5.92 Å². The van der Waals surface area contributed by atoms with Crippen LogP contribution in [0.4, 0.5) is 0 Å². The summed E-state index contributed by atoms with van der Waals surface area (Å²) in [4.78, 5) is 30.4. The van der Waals surface area contributed by atoms with Crippen LogP contribution in [0.3, 0.4) is 0 Å². The van der Waals surface area contributed by atoms with Gasteiger partial charge >= 0.3 is 5.97 Å². The van der Waals surface area contributed by atoms with Crippen LogP contribution in [-0.4, -0.2) is 44.6 Å². The lowest BCUT2D eigenvalue weighted by Crippen LogP contribution is -2.39. The Labute approximate surface area is 208 Å². The van der Waals surface area contributed by atoms with Gasteiger partial charge in [-0.3, -0.25) is 14.6 Å². The van der Waals surface area contributed by atoms with E-state index in [1.54, 1.807) is 20.8 Å². The zero-order valence-electron chi connectivity index (χ0n) is 21.6. The first-order valence-electron chi connectivity index (χ1n) is 11.9. The van der Waals surface area contributed by atoms with Crippen molar-refractivity contribution in [1.29, 1.82) is 0 Å². The molecule has 0 amide bonds. The molecule has 2 rings (SSSR count). The predicted molar refractivity (Wildman–Crippen MR) is 141 cm³/mol. The average Bonchev–Trinajstić information content (AvgIpc) is 2.78. The number of pyridine rings is 1. The molecule has 5 nitrogen and oxygen atoms in total. The van der Waals surface area contributed by atoms with E-state index in [0.717, 1.165) is 35.4 Å². The number of carbonyl (C=O) groups excluding carboxylic acids is 2. The second kappa shape index (κ2) is 12.5. The minimum atomic E-state index is -0.830. The second-order valence-electron chi connectivity index (χ2n) is 9.74. The summed E-state index contributed by atoms with van der Waals surface area (Å²) in [5.41, 5.74) is 4.68. The van der Waals surface area contributed by atoms with Gasteiger partial charge in [-0.05, 0) is 83.7 Å². The van der Waals surface area contributed by atoms with Crippen molar-refractivity contribution in [3.63, 3.8) is 0 Å². The molecule has 0 spiro atoms. The van der Waals surface area contributed by atoms with Crippen LogP contribution in [0.15, 0.2) is 47.1 Å². The van der Waals surface area contributed by atoms with E-state index >= 15 is 0 Å². The number of allylic oxidation sites excluding steroid dienone is 2. The molecule has 34 heavy (non-hydrogen) atoms. The van der Waals surface area contributed by atoms with Gasteiger partial charge in [-0.1, -0.05) is 30.7 Å². The third-order valence-corrected chi connectivity index (χ3v) is 7.55. The van der Waals surface area contributed by atoms with Crippen molar-refractivity contribution < 1.29 is 19.4 Å². The lowest BCUT2D eigenvalue weighted by atomic mass is 9.88. The SMILES string of the molecule is C/C1=C/CC(/C(C)=C/c2cccc(C)n2)OC(=O)CSC(C)(C)C(=O)[C@H](C)[C@@H](O)/C(C)=C/CC1.